The fraction of sp³-hybridized carbons (Fsp3) is 0. The molecule has 0 radical (unpaired) electrons. The van der Waals surface area contributed by atoms with Gasteiger partial charge in [0.2, 0.25) is 0 Å². The van der Waals surface area contributed by atoms with Gasteiger partial charge in [-0.25, -0.2) is 0 Å². The summed E-state index contributed by atoms with van der Waals surface area (Å²) < 4.78 is 0. The number of fused-ring (bicyclic) bond motifs is 6. The molecule has 0 nitrogen and oxygen atoms in total. The molecule has 9 aromatic rings. The lowest BCUT2D eigenvalue weighted by molar-refractivity contribution is 1.53. The SMILES string of the molecule is c1ccc(C(=C2c3cc(-c4ccccc4)ccc3-c3cc4c(cc32)-c2ccc(-c3ccccc3)cc2C4=C(c2ccccc2)c2ccccc2)c2ccccc2)cc1. The molecule has 58 heavy (non-hydrogen) atoms. The molecule has 0 atom stereocenters. The highest BCUT2D eigenvalue weighted by Gasteiger charge is 2.34. The van der Waals surface area contributed by atoms with E-state index in [4.69, 9.17) is 0 Å². The summed E-state index contributed by atoms with van der Waals surface area (Å²) >= 11 is 0. The van der Waals surface area contributed by atoms with E-state index in [1.54, 1.807) is 0 Å². The van der Waals surface area contributed by atoms with Gasteiger partial charge in [0.1, 0.15) is 0 Å². The Hall–Kier alpha value is -7.54. The van der Waals surface area contributed by atoms with Crippen LogP contribution in [0.3, 0.4) is 0 Å². The Labute approximate surface area is 340 Å². The van der Waals surface area contributed by atoms with Crippen molar-refractivity contribution in [1.82, 2.24) is 0 Å². The molecule has 2 aliphatic carbocycles. The first-order valence-corrected chi connectivity index (χ1v) is 20.1. The van der Waals surface area contributed by atoms with Crippen molar-refractivity contribution in [3.05, 3.63) is 275 Å². The summed E-state index contributed by atoms with van der Waals surface area (Å²) in [6, 6.07) is 84.5. The van der Waals surface area contributed by atoms with Gasteiger partial charge in [-0.2, -0.15) is 0 Å². The second-order valence-corrected chi connectivity index (χ2v) is 15.2. The maximum atomic E-state index is 2.51. The Kier molecular flexibility index (Phi) is 8.26. The van der Waals surface area contributed by atoms with Crippen LogP contribution in [0.4, 0.5) is 0 Å². The van der Waals surface area contributed by atoms with Gasteiger partial charge in [0.05, 0.1) is 0 Å². The Morgan fingerprint density at radius 2 is 0.466 bits per heavy atom. The van der Waals surface area contributed by atoms with E-state index in [0.29, 0.717) is 0 Å². The van der Waals surface area contributed by atoms with E-state index >= 15 is 0 Å². The fourth-order valence-electron chi connectivity index (χ4n) is 9.21. The zero-order valence-corrected chi connectivity index (χ0v) is 31.9. The maximum absolute atomic E-state index is 2.51. The van der Waals surface area contributed by atoms with Crippen molar-refractivity contribution >= 4 is 22.3 Å². The number of hydrogen-bond donors (Lipinski definition) is 0. The monoisotopic (exact) mass is 734 g/mol. The van der Waals surface area contributed by atoms with Crippen LogP contribution < -0.4 is 0 Å². The van der Waals surface area contributed by atoms with Crippen LogP contribution in [0.15, 0.2) is 231 Å². The Bertz CT molecular complexity index is 2730. The summed E-state index contributed by atoms with van der Waals surface area (Å²) in [6.07, 6.45) is 0. The van der Waals surface area contributed by atoms with Crippen LogP contribution in [0.2, 0.25) is 0 Å². The predicted molar refractivity (Wildman–Crippen MR) is 244 cm³/mol. The third-order valence-electron chi connectivity index (χ3n) is 11.8. The van der Waals surface area contributed by atoms with E-state index in [1.165, 1.54) is 111 Å². The molecule has 0 spiro atoms. The molecule has 0 N–H and O–H groups in total. The lowest BCUT2D eigenvalue weighted by atomic mass is 9.86. The predicted octanol–water partition coefficient (Wildman–Crippen LogP) is 15.0. The van der Waals surface area contributed by atoms with Crippen LogP contribution in [-0.2, 0) is 0 Å². The largest absolute Gasteiger partial charge is 0.0622 e. The van der Waals surface area contributed by atoms with Crippen molar-refractivity contribution in [3.8, 4) is 44.5 Å². The fourth-order valence-corrected chi connectivity index (χ4v) is 9.21. The molecule has 0 amide bonds. The maximum Gasteiger partial charge on any atom is -0.00139 e. The molecule has 2 aliphatic rings. The van der Waals surface area contributed by atoms with E-state index in [9.17, 15) is 0 Å². The first-order valence-electron chi connectivity index (χ1n) is 20.1. The molecule has 11 rings (SSSR count). The summed E-state index contributed by atoms with van der Waals surface area (Å²) in [7, 11) is 0. The van der Waals surface area contributed by atoms with Gasteiger partial charge in [0, 0.05) is 0 Å². The average Bonchev–Trinajstić information content (AvgIpc) is 3.78. The molecule has 0 saturated heterocycles. The molecule has 0 heteroatoms. The van der Waals surface area contributed by atoms with E-state index in [-0.39, 0.29) is 0 Å². The van der Waals surface area contributed by atoms with Crippen LogP contribution in [0.5, 0.6) is 0 Å². The van der Waals surface area contributed by atoms with Gasteiger partial charge in [-0.05, 0) is 136 Å². The molecule has 0 fully saturated rings. The third kappa shape index (κ3) is 5.69. The minimum absolute atomic E-state index is 1.21. The normalized spacial score (nSPS) is 12.1. The van der Waals surface area contributed by atoms with Crippen molar-refractivity contribution in [2.45, 2.75) is 0 Å². The van der Waals surface area contributed by atoms with Gasteiger partial charge in [0.15, 0.2) is 0 Å². The highest BCUT2D eigenvalue weighted by atomic mass is 14.4. The van der Waals surface area contributed by atoms with Gasteiger partial charge in [0.25, 0.3) is 0 Å². The zero-order valence-electron chi connectivity index (χ0n) is 31.9. The first-order chi connectivity index (χ1) is 28.8. The molecule has 0 aromatic heterocycles. The van der Waals surface area contributed by atoms with Crippen molar-refractivity contribution in [2.75, 3.05) is 0 Å². The van der Waals surface area contributed by atoms with Crippen molar-refractivity contribution in [2.24, 2.45) is 0 Å². The van der Waals surface area contributed by atoms with Gasteiger partial charge in [-0.15, -0.1) is 0 Å². The number of hydrogen-bond acceptors (Lipinski definition) is 0. The molecular weight excluding hydrogens is 697 g/mol. The average molecular weight is 735 g/mol. The van der Waals surface area contributed by atoms with Crippen LogP contribution in [0, 0.1) is 0 Å². The molecule has 0 saturated carbocycles. The quantitative estimate of drug-likeness (QED) is 0.160. The molecular formula is C58H38. The van der Waals surface area contributed by atoms with Crippen LogP contribution in [-0.4, -0.2) is 0 Å². The summed E-state index contributed by atoms with van der Waals surface area (Å²) in [6.45, 7) is 0. The topological polar surface area (TPSA) is 0 Å². The minimum Gasteiger partial charge on any atom is -0.0622 e. The second-order valence-electron chi connectivity index (χ2n) is 15.2. The third-order valence-corrected chi connectivity index (χ3v) is 11.8. The van der Waals surface area contributed by atoms with Crippen LogP contribution >= 0.6 is 0 Å². The molecule has 0 aliphatic heterocycles. The van der Waals surface area contributed by atoms with E-state index in [2.05, 4.69) is 231 Å². The van der Waals surface area contributed by atoms with Crippen LogP contribution in [0.1, 0.15) is 44.5 Å². The lowest BCUT2D eigenvalue weighted by Gasteiger charge is -2.17. The van der Waals surface area contributed by atoms with Gasteiger partial charge >= 0.3 is 0 Å². The standard InChI is InChI=1S/C58H38/c1-7-19-39(20-8-1)45-31-33-47-49-37-54-50(38-53(49)57(51(47)35-45)55(41-23-11-3-12-24-41)42-25-13-4-14-26-42)48-34-32-46(40-21-9-2-10-22-40)36-52(48)58(54)56(43-27-15-5-16-28-43)44-29-17-6-18-30-44/h1-38H. The highest BCUT2D eigenvalue weighted by molar-refractivity contribution is 6.19. The van der Waals surface area contributed by atoms with E-state index < -0.39 is 0 Å². The van der Waals surface area contributed by atoms with Crippen molar-refractivity contribution < 1.29 is 0 Å². The van der Waals surface area contributed by atoms with E-state index in [0.717, 1.165) is 0 Å². The summed E-state index contributed by atoms with van der Waals surface area (Å²) in [5.74, 6) is 0. The second kappa shape index (κ2) is 14.2. The summed E-state index contributed by atoms with van der Waals surface area (Å²) in [5, 5.41) is 0. The zero-order chi connectivity index (χ0) is 38.4. The Balaban J connectivity index is 1.26. The van der Waals surface area contributed by atoms with Gasteiger partial charge in [-0.1, -0.05) is 206 Å². The Morgan fingerprint density at radius 3 is 0.776 bits per heavy atom. The molecule has 9 aromatic carbocycles. The van der Waals surface area contributed by atoms with Crippen molar-refractivity contribution in [3.63, 3.8) is 0 Å². The summed E-state index contributed by atoms with van der Waals surface area (Å²) in [5.41, 5.74) is 24.8. The van der Waals surface area contributed by atoms with E-state index in [1.807, 2.05) is 0 Å². The van der Waals surface area contributed by atoms with Gasteiger partial charge < -0.3 is 0 Å². The molecule has 0 bridgehead atoms. The first kappa shape index (κ1) is 33.8. The highest BCUT2D eigenvalue weighted by Crippen LogP contribution is 2.57. The van der Waals surface area contributed by atoms with Crippen LogP contribution in [0.25, 0.3) is 66.8 Å². The lowest BCUT2D eigenvalue weighted by Crippen LogP contribution is -1.96. The number of rotatable bonds is 6. The minimum atomic E-state index is 1.21. The Morgan fingerprint density at radius 1 is 0.190 bits per heavy atom. The smallest absolute Gasteiger partial charge is 0.00139 e. The molecule has 0 unspecified atom stereocenters. The molecule has 270 valence electrons. The van der Waals surface area contributed by atoms with Gasteiger partial charge in [-0.3, -0.25) is 0 Å². The summed E-state index contributed by atoms with van der Waals surface area (Å²) in [4.78, 5) is 0. The number of benzene rings is 9. The molecule has 0 heterocycles. The van der Waals surface area contributed by atoms with Crippen molar-refractivity contribution in [1.29, 1.82) is 0 Å².